The summed E-state index contributed by atoms with van der Waals surface area (Å²) in [4.78, 5) is 21.4. The third-order valence-electron chi connectivity index (χ3n) is 5.27. The number of aryl methyl sites for hydroxylation is 1. The molecule has 0 atom stereocenters. The van der Waals surface area contributed by atoms with E-state index in [-0.39, 0.29) is 5.91 Å². The summed E-state index contributed by atoms with van der Waals surface area (Å²) in [6.07, 6.45) is 11.5. The molecule has 152 valence electrons. The lowest BCUT2D eigenvalue weighted by molar-refractivity contribution is 0.102. The Hall–Kier alpha value is -3.59. The first kappa shape index (κ1) is 15.3. The van der Waals surface area contributed by atoms with Crippen LogP contribution in [-0.2, 0) is 6.98 Å². The molecule has 4 aromatic rings. The molecule has 0 saturated carbocycles. The van der Waals surface area contributed by atoms with Gasteiger partial charge in [0.1, 0.15) is 5.82 Å². The summed E-state index contributed by atoms with van der Waals surface area (Å²) in [7, 11) is 0. The monoisotopic (exact) mass is 405 g/mol. The van der Waals surface area contributed by atoms with E-state index < -0.39 is 6.98 Å². The first-order valence-corrected chi connectivity index (χ1v) is 9.74. The highest BCUT2D eigenvalue weighted by Gasteiger charge is 2.18. The van der Waals surface area contributed by atoms with Gasteiger partial charge in [-0.2, -0.15) is 10.2 Å². The van der Waals surface area contributed by atoms with Gasteiger partial charge in [0, 0.05) is 46.8 Å². The van der Waals surface area contributed by atoms with Crippen LogP contribution in [0.3, 0.4) is 0 Å². The number of rotatable bonds is 4. The van der Waals surface area contributed by atoms with Crippen molar-refractivity contribution in [2.75, 3.05) is 18.4 Å². The van der Waals surface area contributed by atoms with E-state index in [1.807, 2.05) is 10.7 Å². The molecule has 1 amide bonds. The Kier molecular flexibility index (Phi) is 3.91. The highest BCUT2D eigenvalue weighted by atomic mass is 16.1. The van der Waals surface area contributed by atoms with Crippen LogP contribution in [0.25, 0.3) is 22.0 Å². The molecule has 2 N–H and O–H groups in total. The molecule has 5 heterocycles. The smallest absolute Gasteiger partial charge is 0.260 e. The van der Waals surface area contributed by atoms with Crippen molar-refractivity contribution in [2.24, 2.45) is 6.98 Å². The van der Waals surface area contributed by atoms with Crippen molar-refractivity contribution in [2.45, 2.75) is 18.9 Å². The van der Waals surface area contributed by atoms with Gasteiger partial charge in [0.15, 0.2) is 0 Å². The summed E-state index contributed by atoms with van der Waals surface area (Å²) >= 11 is 0. The normalized spacial score (nSPS) is 16.7. The minimum atomic E-state index is -2.35. The average molecular weight is 405 g/mol. The fourth-order valence-electron chi connectivity index (χ4n) is 3.63. The standard InChI is InChI=1S/C21H22N8O/c1-28-12-16(10-25-28)19-6-14-7-20(24-9-15(14)8-23-19)27-21(30)17-11-26-29(13-17)18-2-4-22-5-3-18/h6-13,18,22H,2-5H2,1H3,(H,24,27,30)/i1D3. The van der Waals surface area contributed by atoms with E-state index in [0.717, 1.165) is 41.4 Å². The molecule has 0 spiro atoms. The molecular weight excluding hydrogens is 380 g/mol. The van der Waals surface area contributed by atoms with Gasteiger partial charge in [-0.15, -0.1) is 0 Å². The zero-order chi connectivity index (χ0) is 23.0. The van der Waals surface area contributed by atoms with Gasteiger partial charge in [-0.05, 0) is 43.5 Å². The Morgan fingerprint density at radius 1 is 1.10 bits per heavy atom. The van der Waals surface area contributed by atoms with Gasteiger partial charge in [0.2, 0.25) is 0 Å². The fourth-order valence-corrected chi connectivity index (χ4v) is 3.63. The van der Waals surface area contributed by atoms with Crippen molar-refractivity contribution >= 4 is 22.5 Å². The molecule has 30 heavy (non-hydrogen) atoms. The van der Waals surface area contributed by atoms with Gasteiger partial charge < -0.3 is 10.6 Å². The van der Waals surface area contributed by atoms with Crippen molar-refractivity contribution in [3.63, 3.8) is 0 Å². The highest BCUT2D eigenvalue weighted by Crippen LogP contribution is 2.23. The van der Waals surface area contributed by atoms with E-state index in [9.17, 15) is 4.79 Å². The highest BCUT2D eigenvalue weighted by molar-refractivity contribution is 6.04. The lowest BCUT2D eigenvalue weighted by Crippen LogP contribution is -2.29. The number of carbonyl (C=O) groups excluding carboxylic acids is 1. The molecule has 1 aliphatic heterocycles. The first-order chi connectivity index (χ1) is 15.9. The number of hydrogen-bond acceptors (Lipinski definition) is 6. The lowest BCUT2D eigenvalue weighted by atomic mass is 10.1. The van der Waals surface area contributed by atoms with Crippen molar-refractivity contribution in [1.29, 1.82) is 0 Å². The molecule has 0 radical (unpaired) electrons. The van der Waals surface area contributed by atoms with Gasteiger partial charge in [-0.1, -0.05) is 0 Å². The zero-order valence-electron chi connectivity index (χ0n) is 19.1. The molecule has 0 bridgehead atoms. The molecule has 9 nitrogen and oxygen atoms in total. The van der Waals surface area contributed by atoms with Crippen molar-refractivity contribution in [3.8, 4) is 11.3 Å². The van der Waals surface area contributed by atoms with Crippen molar-refractivity contribution in [1.82, 2.24) is 34.8 Å². The van der Waals surface area contributed by atoms with Gasteiger partial charge in [0.25, 0.3) is 5.91 Å². The number of fused-ring (bicyclic) bond motifs is 1. The summed E-state index contributed by atoms with van der Waals surface area (Å²) in [6.45, 7) is -0.458. The molecule has 0 aliphatic carbocycles. The maximum atomic E-state index is 12.7. The quantitative estimate of drug-likeness (QED) is 0.541. The Morgan fingerprint density at radius 2 is 1.97 bits per heavy atom. The van der Waals surface area contributed by atoms with Crippen LogP contribution in [0.2, 0.25) is 0 Å². The van der Waals surface area contributed by atoms with Crippen LogP contribution in [0, 0.1) is 0 Å². The van der Waals surface area contributed by atoms with Crippen molar-refractivity contribution in [3.05, 3.63) is 54.9 Å². The predicted molar refractivity (Wildman–Crippen MR) is 113 cm³/mol. The third-order valence-corrected chi connectivity index (χ3v) is 5.27. The molecule has 0 aromatic carbocycles. The molecule has 1 saturated heterocycles. The number of piperidine rings is 1. The largest absolute Gasteiger partial charge is 0.317 e. The molecule has 1 fully saturated rings. The second kappa shape index (κ2) is 7.68. The molecule has 0 unspecified atom stereocenters. The first-order valence-electron chi connectivity index (χ1n) is 11.2. The second-order valence-electron chi connectivity index (χ2n) is 7.30. The van der Waals surface area contributed by atoms with E-state index >= 15 is 0 Å². The van der Waals surface area contributed by atoms with E-state index in [0.29, 0.717) is 28.7 Å². The topological polar surface area (TPSA) is 103 Å². The Bertz CT molecular complexity index is 1310. The summed E-state index contributed by atoms with van der Waals surface area (Å²) in [5.74, 6) is 0.118. The number of nitrogens with zero attached hydrogens (tertiary/aromatic N) is 6. The van der Waals surface area contributed by atoms with E-state index in [4.69, 9.17) is 4.11 Å². The van der Waals surface area contributed by atoms with Gasteiger partial charge in [-0.25, -0.2) is 4.98 Å². The van der Waals surface area contributed by atoms with Crippen LogP contribution in [0.15, 0.2) is 49.3 Å². The maximum absolute atomic E-state index is 12.7. The van der Waals surface area contributed by atoms with Gasteiger partial charge >= 0.3 is 0 Å². The number of pyridine rings is 2. The summed E-state index contributed by atoms with van der Waals surface area (Å²) in [5, 5.41) is 16.0. The minimum absolute atomic E-state index is 0.282. The summed E-state index contributed by atoms with van der Waals surface area (Å²) in [5.41, 5.74) is 1.63. The van der Waals surface area contributed by atoms with Gasteiger partial charge in [-0.3, -0.25) is 19.1 Å². The van der Waals surface area contributed by atoms with Crippen molar-refractivity contribution < 1.29 is 8.91 Å². The number of carbonyl (C=O) groups is 1. The van der Waals surface area contributed by atoms with Crippen LogP contribution < -0.4 is 10.6 Å². The minimum Gasteiger partial charge on any atom is -0.317 e. The number of nitrogens with one attached hydrogen (secondary N) is 2. The van der Waals surface area contributed by atoms with Crippen LogP contribution >= 0.6 is 0 Å². The number of aromatic nitrogens is 6. The van der Waals surface area contributed by atoms with E-state index in [1.165, 1.54) is 12.4 Å². The van der Waals surface area contributed by atoms with Crippen LogP contribution in [0.5, 0.6) is 0 Å². The number of hydrogen-bond donors (Lipinski definition) is 2. The van der Waals surface area contributed by atoms with Crippen LogP contribution in [0.1, 0.15) is 33.4 Å². The SMILES string of the molecule is [2H]C([2H])([2H])n1cc(-c2cc3cc(NC(=O)c4cnn(C5CCNCC5)c4)ncc3cn2)cn1. The Morgan fingerprint density at radius 3 is 2.80 bits per heavy atom. The predicted octanol–water partition coefficient (Wildman–Crippen LogP) is 2.40. The maximum Gasteiger partial charge on any atom is 0.260 e. The Labute approximate surface area is 177 Å². The van der Waals surface area contributed by atoms with Crippen LogP contribution in [0.4, 0.5) is 5.82 Å². The third kappa shape index (κ3) is 3.67. The van der Waals surface area contributed by atoms with E-state index in [2.05, 4.69) is 30.8 Å². The summed E-state index contributed by atoms with van der Waals surface area (Å²) in [6, 6.07) is 3.86. The number of amides is 1. The molecular formula is C21H22N8O. The lowest BCUT2D eigenvalue weighted by Gasteiger charge is -2.22. The second-order valence-corrected chi connectivity index (χ2v) is 7.30. The molecule has 9 heteroatoms. The summed E-state index contributed by atoms with van der Waals surface area (Å²) < 4.78 is 25.2. The molecule has 1 aliphatic rings. The Balaban J connectivity index is 1.35. The van der Waals surface area contributed by atoms with Crippen LogP contribution in [-0.4, -0.2) is 48.5 Å². The van der Waals surface area contributed by atoms with E-state index in [1.54, 1.807) is 30.9 Å². The zero-order valence-corrected chi connectivity index (χ0v) is 16.1. The molecule has 5 rings (SSSR count). The van der Waals surface area contributed by atoms with Gasteiger partial charge in [0.05, 0.1) is 29.7 Å². The fraction of sp³-hybridized carbons (Fsp3) is 0.286. The number of anilines is 1. The molecule has 4 aromatic heterocycles. The average Bonchev–Trinajstić information content (AvgIpc) is 3.49.